The average Bonchev–Trinajstić information content (AvgIpc) is 3.43. The van der Waals surface area contributed by atoms with Gasteiger partial charge in [-0.3, -0.25) is 9.78 Å². The predicted molar refractivity (Wildman–Crippen MR) is 141 cm³/mol. The minimum atomic E-state index is -3.71. The number of rotatable bonds is 7. The van der Waals surface area contributed by atoms with Gasteiger partial charge in [-0.05, 0) is 44.1 Å². The van der Waals surface area contributed by atoms with Crippen LogP contribution in [0.25, 0.3) is 10.9 Å². The van der Waals surface area contributed by atoms with Crippen LogP contribution >= 0.6 is 0 Å². The van der Waals surface area contributed by atoms with Crippen LogP contribution < -0.4 is 14.4 Å². The zero-order valence-electron chi connectivity index (χ0n) is 21.3. The number of pyridine rings is 2. The van der Waals surface area contributed by atoms with E-state index in [1.54, 1.807) is 12.3 Å². The molecule has 2 saturated carbocycles. The Labute approximate surface area is 221 Å². The molecular formula is C26H32N6O5S. The standard InChI is InChI=1S/C26H32N6O5S/c1-17-12-23(17)38(34,35)30-25(33)18-13-21-22(28-15-18)14-24(31-8-10-36-11-9-31)29-26(21)37-20-4-2-19(3-5-20)32-7-6-27-16-32/h6-7,13-17,19-20,23H,2-5,8-12H2,1H3,(H,30,33). The predicted octanol–water partition coefficient (Wildman–Crippen LogP) is 2.69. The van der Waals surface area contributed by atoms with Crippen LogP contribution in [0.15, 0.2) is 37.1 Å². The minimum Gasteiger partial charge on any atom is -0.474 e. The molecule has 0 bridgehead atoms. The molecule has 1 aliphatic heterocycles. The number of sulfonamides is 1. The van der Waals surface area contributed by atoms with Crippen LogP contribution in [-0.4, -0.2) is 71.5 Å². The molecule has 3 aromatic heterocycles. The van der Waals surface area contributed by atoms with Crippen LogP contribution in [0.1, 0.15) is 55.4 Å². The molecule has 3 fully saturated rings. The summed E-state index contributed by atoms with van der Waals surface area (Å²) < 4.78 is 41.3. The largest absolute Gasteiger partial charge is 0.474 e. The average molecular weight is 541 g/mol. The lowest BCUT2D eigenvalue weighted by atomic mass is 9.93. The van der Waals surface area contributed by atoms with Crippen LogP contribution in [0.5, 0.6) is 5.88 Å². The Balaban J connectivity index is 1.27. The molecule has 2 unspecified atom stereocenters. The summed E-state index contributed by atoms with van der Waals surface area (Å²) in [6.07, 6.45) is 11.2. The third-order valence-electron chi connectivity index (χ3n) is 7.77. The van der Waals surface area contributed by atoms with Gasteiger partial charge < -0.3 is 18.9 Å². The molecule has 0 radical (unpaired) electrons. The summed E-state index contributed by atoms with van der Waals surface area (Å²) in [5.41, 5.74) is 0.794. The second kappa shape index (κ2) is 10.1. The zero-order chi connectivity index (χ0) is 26.3. The van der Waals surface area contributed by atoms with Crippen molar-refractivity contribution in [2.24, 2.45) is 5.92 Å². The summed E-state index contributed by atoms with van der Waals surface area (Å²) >= 11 is 0. The van der Waals surface area contributed by atoms with Crippen molar-refractivity contribution in [2.45, 2.75) is 56.4 Å². The van der Waals surface area contributed by atoms with E-state index >= 15 is 0 Å². The number of imidazole rings is 1. The van der Waals surface area contributed by atoms with Gasteiger partial charge in [0.05, 0.1) is 41.3 Å². The van der Waals surface area contributed by atoms with E-state index in [4.69, 9.17) is 14.5 Å². The Morgan fingerprint density at radius 2 is 1.92 bits per heavy atom. The summed E-state index contributed by atoms with van der Waals surface area (Å²) in [5.74, 6) is 0.526. The molecule has 2 aliphatic carbocycles. The van der Waals surface area contributed by atoms with Crippen LogP contribution in [0.2, 0.25) is 0 Å². The maximum Gasteiger partial charge on any atom is 0.266 e. The highest BCUT2D eigenvalue weighted by atomic mass is 32.2. The molecule has 6 rings (SSSR count). The van der Waals surface area contributed by atoms with Crippen molar-refractivity contribution in [3.05, 3.63) is 42.6 Å². The fourth-order valence-corrected chi connectivity index (χ4v) is 7.03. The number of anilines is 1. The van der Waals surface area contributed by atoms with Crippen molar-refractivity contribution in [1.29, 1.82) is 0 Å². The third-order valence-corrected chi connectivity index (χ3v) is 9.69. The number of hydrogen-bond acceptors (Lipinski definition) is 9. The molecule has 0 spiro atoms. The van der Waals surface area contributed by atoms with Gasteiger partial charge in [-0.1, -0.05) is 6.92 Å². The number of nitrogens with one attached hydrogen (secondary N) is 1. The molecular weight excluding hydrogens is 508 g/mol. The van der Waals surface area contributed by atoms with Gasteiger partial charge >= 0.3 is 0 Å². The maximum atomic E-state index is 12.9. The first-order valence-electron chi connectivity index (χ1n) is 13.2. The van der Waals surface area contributed by atoms with Gasteiger partial charge in [-0.15, -0.1) is 0 Å². The molecule has 4 heterocycles. The van der Waals surface area contributed by atoms with Crippen molar-refractivity contribution < 1.29 is 22.7 Å². The third kappa shape index (κ3) is 5.19. The number of morpholine rings is 1. The molecule has 38 heavy (non-hydrogen) atoms. The molecule has 1 amide bonds. The first kappa shape index (κ1) is 25.1. The smallest absolute Gasteiger partial charge is 0.266 e. The zero-order valence-corrected chi connectivity index (χ0v) is 22.1. The number of ether oxygens (including phenoxy) is 2. The van der Waals surface area contributed by atoms with Crippen molar-refractivity contribution in [3.8, 4) is 5.88 Å². The van der Waals surface area contributed by atoms with Crippen LogP contribution in [0, 0.1) is 5.92 Å². The molecule has 1 N–H and O–H groups in total. The molecule has 12 heteroatoms. The molecule has 3 aliphatic rings. The Morgan fingerprint density at radius 3 is 2.61 bits per heavy atom. The van der Waals surface area contributed by atoms with Crippen molar-refractivity contribution >= 4 is 32.7 Å². The Hall–Kier alpha value is -3.25. The molecule has 0 aromatic carbocycles. The van der Waals surface area contributed by atoms with E-state index in [0.717, 1.165) is 31.5 Å². The van der Waals surface area contributed by atoms with Crippen LogP contribution in [0.3, 0.4) is 0 Å². The van der Waals surface area contributed by atoms with E-state index in [2.05, 4.69) is 24.2 Å². The summed E-state index contributed by atoms with van der Waals surface area (Å²) in [5, 5.41) is 0.0672. The summed E-state index contributed by atoms with van der Waals surface area (Å²) in [6.45, 7) is 4.53. The van der Waals surface area contributed by atoms with E-state index in [0.29, 0.717) is 55.5 Å². The van der Waals surface area contributed by atoms with Crippen molar-refractivity contribution in [3.63, 3.8) is 0 Å². The summed E-state index contributed by atoms with van der Waals surface area (Å²) in [7, 11) is -3.71. The molecule has 11 nitrogen and oxygen atoms in total. The normalized spacial score (nSPS) is 25.8. The van der Waals surface area contributed by atoms with Gasteiger partial charge in [0.25, 0.3) is 5.91 Å². The van der Waals surface area contributed by atoms with Crippen molar-refractivity contribution in [1.82, 2.24) is 24.2 Å². The molecule has 202 valence electrons. The minimum absolute atomic E-state index is 0.0281. The molecule has 3 aromatic rings. The van der Waals surface area contributed by atoms with Gasteiger partial charge in [0.1, 0.15) is 11.9 Å². The Morgan fingerprint density at radius 1 is 1.16 bits per heavy atom. The van der Waals surface area contributed by atoms with Gasteiger partial charge in [0.15, 0.2) is 0 Å². The van der Waals surface area contributed by atoms with Gasteiger partial charge in [-0.2, -0.15) is 4.98 Å². The second-order valence-electron chi connectivity index (χ2n) is 10.5. The summed E-state index contributed by atoms with van der Waals surface area (Å²) in [4.78, 5) is 28.6. The SMILES string of the molecule is CC1CC1S(=O)(=O)NC(=O)c1cnc2cc(N3CCOCC3)nc(OC3CCC(n4ccnc4)CC3)c2c1. The topological polar surface area (TPSA) is 129 Å². The highest BCUT2D eigenvalue weighted by molar-refractivity contribution is 7.91. The Kier molecular flexibility index (Phi) is 6.68. The van der Waals surface area contributed by atoms with E-state index in [1.807, 2.05) is 25.5 Å². The monoisotopic (exact) mass is 540 g/mol. The number of aromatic nitrogens is 4. The fraction of sp³-hybridized carbons (Fsp3) is 0.538. The lowest BCUT2D eigenvalue weighted by Crippen LogP contribution is -2.37. The van der Waals surface area contributed by atoms with E-state index in [1.165, 1.54) is 6.20 Å². The highest BCUT2D eigenvalue weighted by Crippen LogP contribution is 2.36. The maximum absolute atomic E-state index is 12.9. The van der Waals surface area contributed by atoms with Gasteiger partial charge in [-0.25, -0.2) is 18.1 Å². The Bertz CT molecular complexity index is 1420. The molecule has 2 atom stereocenters. The lowest BCUT2D eigenvalue weighted by Gasteiger charge is -2.31. The lowest BCUT2D eigenvalue weighted by molar-refractivity contribution is 0.0981. The van der Waals surface area contributed by atoms with Crippen LogP contribution in [-0.2, 0) is 14.8 Å². The fourth-order valence-electron chi connectivity index (χ4n) is 5.34. The number of hydrogen-bond donors (Lipinski definition) is 1. The highest BCUT2D eigenvalue weighted by Gasteiger charge is 2.44. The number of carbonyl (C=O) groups excluding carboxylic acids is 1. The van der Waals surface area contributed by atoms with Gasteiger partial charge in [0, 0.05) is 43.8 Å². The van der Waals surface area contributed by atoms with Crippen molar-refractivity contribution in [2.75, 3.05) is 31.2 Å². The first-order chi connectivity index (χ1) is 18.4. The summed E-state index contributed by atoms with van der Waals surface area (Å²) in [6, 6.07) is 3.91. The van der Waals surface area contributed by atoms with E-state index < -0.39 is 21.2 Å². The number of fused-ring (bicyclic) bond motifs is 1. The van der Waals surface area contributed by atoms with E-state index in [9.17, 15) is 13.2 Å². The number of amides is 1. The van der Waals surface area contributed by atoms with Gasteiger partial charge in [0.2, 0.25) is 15.9 Å². The number of carbonyl (C=O) groups is 1. The number of nitrogens with zero attached hydrogens (tertiary/aromatic N) is 5. The second-order valence-corrected chi connectivity index (χ2v) is 12.4. The van der Waals surface area contributed by atoms with Crippen LogP contribution in [0.4, 0.5) is 5.82 Å². The molecule has 1 saturated heterocycles. The quantitative estimate of drug-likeness (QED) is 0.481. The van der Waals surface area contributed by atoms with E-state index in [-0.39, 0.29) is 17.6 Å². The first-order valence-corrected chi connectivity index (χ1v) is 14.8.